The quantitative estimate of drug-likeness (QED) is 0.352. The number of nitrogens with zero attached hydrogens (tertiary/aromatic N) is 3. The smallest absolute Gasteiger partial charge is 0.205 e. The summed E-state index contributed by atoms with van der Waals surface area (Å²) >= 11 is 13.8. The molecular formula is C20H15Cl2N3OS. The lowest BCUT2D eigenvalue weighted by atomic mass is 10.2. The van der Waals surface area contributed by atoms with Gasteiger partial charge in [0, 0.05) is 21.5 Å². The van der Waals surface area contributed by atoms with E-state index in [9.17, 15) is 0 Å². The number of thioether (sulfide) groups is 1. The Hall–Kier alpha value is -2.21. The van der Waals surface area contributed by atoms with Crippen molar-refractivity contribution >= 4 is 35.0 Å². The molecule has 0 saturated heterocycles. The molecule has 4 aromatic rings. The number of benzene rings is 2. The first kappa shape index (κ1) is 18.2. The summed E-state index contributed by atoms with van der Waals surface area (Å²) in [6.45, 7) is 2.06. The SMILES string of the molecule is Cc1ccc(-n2c(SCc3ccc(Cl)cc3Cl)nnc2-c2ccco2)cc1. The van der Waals surface area contributed by atoms with E-state index in [1.54, 1.807) is 24.1 Å². The van der Waals surface area contributed by atoms with Crippen LogP contribution in [-0.4, -0.2) is 14.8 Å². The van der Waals surface area contributed by atoms with Gasteiger partial charge in [-0.2, -0.15) is 0 Å². The Kier molecular flexibility index (Phi) is 5.25. The third kappa shape index (κ3) is 3.90. The second-order valence-corrected chi connectivity index (χ2v) is 7.76. The Morgan fingerprint density at radius 3 is 2.56 bits per heavy atom. The minimum Gasteiger partial charge on any atom is -0.461 e. The van der Waals surface area contributed by atoms with Crippen molar-refractivity contribution in [3.05, 3.63) is 82.0 Å². The second kappa shape index (κ2) is 7.80. The lowest BCUT2D eigenvalue weighted by Crippen LogP contribution is -1.99. The molecule has 27 heavy (non-hydrogen) atoms. The van der Waals surface area contributed by atoms with E-state index in [-0.39, 0.29) is 0 Å². The molecule has 0 unspecified atom stereocenters. The molecule has 0 radical (unpaired) electrons. The Morgan fingerprint density at radius 1 is 1.04 bits per heavy atom. The first-order valence-corrected chi connectivity index (χ1v) is 9.99. The first-order valence-electron chi connectivity index (χ1n) is 8.25. The molecule has 4 nitrogen and oxygen atoms in total. The van der Waals surface area contributed by atoms with Gasteiger partial charge in [-0.1, -0.05) is 58.7 Å². The number of furan rings is 1. The normalized spacial score (nSPS) is 11.1. The van der Waals surface area contributed by atoms with Crippen molar-refractivity contribution in [2.75, 3.05) is 0 Å². The van der Waals surface area contributed by atoms with Crippen molar-refractivity contribution in [2.45, 2.75) is 17.8 Å². The molecule has 0 aliphatic rings. The van der Waals surface area contributed by atoms with Crippen molar-refractivity contribution in [3.63, 3.8) is 0 Å². The third-order valence-electron chi connectivity index (χ3n) is 4.04. The molecule has 2 aromatic carbocycles. The van der Waals surface area contributed by atoms with E-state index in [1.807, 2.05) is 41.0 Å². The van der Waals surface area contributed by atoms with E-state index in [0.29, 0.717) is 27.4 Å². The number of hydrogen-bond donors (Lipinski definition) is 0. The summed E-state index contributed by atoms with van der Waals surface area (Å²) in [6, 6.07) is 17.4. The molecule has 0 amide bonds. The fourth-order valence-electron chi connectivity index (χ4n) is 2.64. The molecule has 0 fully saturated rings. The van der Waals surface area contributed by atoms with Crippen LogP contribution in [-0.2, 0) is 5.75 Å². The van der Waals surface area contributed by atoms with Gasteiger partial charge in [0.1, 0.15) is 0 Å². The summed E-state index contributed by atoms with van der Waals surface area (Å²) in [6.07, 6.45) is 1.63. The maximum atomic E-state index is 6.30. The van der Waals surface area contributed by atoms with Gasteiger partial charge in [-0.15, -0.1) is 10.2 Å². The molecule has 2 aromatic heterocycles. The maximum Gasteiger partial charge on any atom is 0.205 e. The molecule has 136 valence electrons. The molecule has 4 rings (SSSR count). The molecule has 0 aliphatic carbocycles. The van der Waals surface area contributed by atoms with Gasteiger partial charge in [0.25, 0.3) is 0 Å². The number of rotatable bonds is 5. The number of aromatic nitrogens is 3. The van der Waals surface area contributed by atoms with Gasteiger partial charge < -0.3 is 4.42 Å². The van der Waals surface area contributed by atoms with E-state index in [4.69, 9.17) is 27.6 Å². The number of hydrogen-bond acceptors (Lipinski definition) is 4. The molecule has 0 spiro atoms. The van der Waals surface area contributed by atoms with Gasteiger partial charge in [-0.05, 0) is 48.9 Å². The van der Waals surface area contributed by atoms with Crippen molar-refractivity contribution in [3.8, 4) is 17.3 Å². The Morgan fingerprint density at radius 2 is 1.85 bits per heavy atom. The van der Waals surface area contributed by atoms with Crippen LogP contribution in [0.4, 0.5) is 0 Å². The van der Waals surface area contributed by atoms with E-state index < -0.39 is 0 Å². The van der Waals surface area contributed by atoms with E-state index >= 15 is 0 Å². The van der Waals surface area contributed by atoms with E-state index in [0.717, 1.165) is 16.4 Å². The van der Waals surface area contributed by atoms with Crippen LogP contribution in [0.3, 0.4) is 0 Å². The molecule has 7 heteroatoms. The van der Waals surface area contributed by atoms with Crippen LogP contribution in [0.5, 0.6) is 0 Å². The third-order valence-corrected chi connectivity index (χ3v) is 5.60. The predicted molar refractivity (Wildman–Crippen MR) is 110 cm³/mol. The fourth-order valence-corrected chi connectivity index (χ4v) is 4.15. The van der Waals surface area contributed by atoms with Crippen molar-refractivity contribution in [2.24, 2.45) is 0 Å². The van der Waals surface area contributed by atoms with Gasteiger partial charge in [-0.25, -0.2) is 0 Å². The van der Waals surface area contributed by atoms with E-state index in [2.05, 4.69) is 29.3 Å². The monoisotopic (exact) mass is 415 g/mol. The molecule has 2 heterocycles. The zero-order valence-corrected chi connectivity index (χ0v) is 16.7. The minimum atomic E-state index is 0.622. The standard InChI is InChI=1S/C20H15Cl2N3OS/c1-13-4-8-16(9-5-13)25-19(18-3-2-10-26-18)23-24-20(25)27-12-14-6-7-15(21)11-17(14)22/h2-11H,12H2,1H3. The summed E-state index contributed by atoms with van der Waals surface area (Å²) in [5.74, 6) is 1.98. The summed E-state index contributed by atoms with van der Waals surface area (Å²) in [5, 5.41) is 10.8. The van der Waals surface area contributed by atoms with Crippen LogP contribution < -0.4 is 0 Å². The molecule has 0 atom stereocenters. The Labute approximate surface area is 171 Å². The second-order valence-electron chi connectivity index (χ2n) is 5.98. The first-order chi connectivity index (χ1) is 13.1. The van der Waals surface area contributed by atoms with Crippen molar-refractivity contribution < 1.29 is 4.42 Å². The Balaban J connectivity index is 1.71. The lowest BCUT2D eigenvalue weighted by Gasteiger charge is -2.10. The molecule has 0 saturated carbocycles. The van der Waals surface area contributed by atoms with E-state index in [1.165, 1.54) is 5.56 Å². The topological polar surface area (TPSA) is 43.9 Å². The van der Waals surface area contributed by atoms with Gasteiger partial charge in [0.2, 0.25) is 5.82 Å². The van der Waals surface area contributed by atoms with Crippen LogP contribution in [0.1, 0.15) is 11.1 Å². The van der Waals surface area contributed by atoms with Crippen LogP contribution in [0.2, 0.25) is 10.0 Å². The summed E-state index contributed by atoms with van der Waals surface area (Å²) in [7, 11) is 0. The van der Waals surface area contributed by atoms with Crippen LogP contribution in [0.25, 0.3) is 17.3 Å². The van der Waals surface area contributed by atoms with Crippen molar-refractivity contribution in [1.82, 2.24) is 14.8 Å². The summed E-state index contributed by atoms with van der Waals surface area (Å²) < 4.78 is 7.54. The van der Waals surface area contributed by atoms with Crippen LogP contribution in [0.15, 0.2) is 70.4 Å². The highest BCUT2D eigenvalue weighted by molar-refractivity contribution is 7.98. The molecule has 0 bridgehead atoms. The summed E-state index contributed by atoms with van der Waals surface area (Å²) in [4.78, 5) is 0. The zero-order chi connectivity index (χ0) is 18.8. The number of halogens is 2. The van der Waals surface area contributed by atoms with Gasteiger partial charge in [0.15, 0.2) is 10.9 Å². The molecular weight excluding hydrogens is 401 g/mol. The van der Waals surface area contributed by atoms with Crippen molar-refractivity contribution in [1.29, 1.82) is 0 Å². The molecule has 0 aliphatic heterocycles. The van der Waals surface area contributed by atoms with Gasteiger partial charge >= 0.3 is 0 Å². The summed E-state index contributed by atoms with van der Waals surface area (Å²) in [5.41, 5.74) is 3.15. The highest BCUT2D eigenvalue weighted by Gasteiger charge is 2.18. The van der Waals surface area contributed by atoms with Crippen LogP contribution >= 0.6 is 35.0 Å². The maximum absolute atomic E-state index is 6.30. The lowest BCUT2D eigenvalue weighted by molar-refractivity contribution is 0.575. The highest BCUT2D eigenvalue weighted by Crippen LogP contribution is 2.32. The number of aryl methyl sites for hydroxylation is 1. The average molecular weight is 416 g/mol. The molecule has 0 N–H and O–H groups in total. The Bertz CT molecular complexity index is 1060. The average Bonchev–Trinajstić information content (AvgIpc) is 3.31. The zero-order valence-electron chi connectivity index (χ0n) is 14.4. The van der Waals surface area contributed by atoms with Crippen LogP contribution in [0, 0.1) is 6.92 Å². The largest absolute Gasteiger partial charge is 0.461 e. The van der Waals surface area contributed by atoms with Gasteiger partial charge in [-0.3, -0.25) is 4.57 Å². The fraction of sp³-hybridized carbons (Fsp3) is 0.100. The highest BCUT2D eigenvalue weighted by atomic mass is 35.5. The predicted octanol–water partition coefficient (Wildman–Crippen LogP) is 6.43. The van der Waals surface area contributed by atoms with Gasteiger partial charge in [0.05, 0.1) is 6.26 Å². The minimum absolute atomic E-state index is 0.622.